The minimum atomic E-state index is -0.306. The number of hydrogen-bond acceptors (Lipinski definition) is 3. The van der Waals surface area contributed by atoms with Gasteiger partial charge in [-0.1, -0.05) is 12.1 Å². The van der Waals surface area contributed by atoms with Gasteiger partial charge in [0, 0.05) is 29.9 Å². The first kappa shape index (κ1) is 16.1. The second kappa shape index (κ2) is 6.23. The zero-order chi connectivity index (χ0) is 18.4. The van der Waals surface area contributed by atoms with E-state index in [1.54, 1.807) is 12.1 Å². The molecular weight excluding hydrogens is 345 g/mol. The van der Waals surface area contributed by atoms with Crippen LogP contribution < -0.4 is 0 Å². The van der Waals surface area contributed by atoms with Crippen molar-refractivity contribution in [1.82, 2.24) is 14.9 Å². The van der Waals surface area contributed by atoms with E-state index in [2.05, 4.69) is 9.97 Å². The van der Waals surface area contributed by atoms with Crippen molar-refractivity contribution in [2.45, 2.75) is 18.8 Å². The van der Waals surface area contributed by atoms with Gasteiger partial charge in [0.15, 0.2) is 11.5 Å². The summed E-state index contributed by atoms with van der Waals surface area (Å²) in [5.41, 5.74) is 2.93. The van der Waals surface area contributed by atoms with Gasteiger partial charge in [0.1, 0.15) is 17.0 Å². The van der Waals surface area contributed by atoms with Crippen molar-refractivity contribution in [2.75, 3.05) is 13.1 Å². The normalized spacial score (nSPS) is 15.7. The summed E-state index contributed by atoms with van der Waals surface area (Å²) >= 11 is 0. The van der Waals surface area contributed by atoms with Gasteiger partial charge in [-0.05, 0) is 49.2 Å². The number of fused-ring (bicyclic) bond motifs is 2. The molecule has 1 fully saturated rings. The van der Waals surface area contributed by atoms with Crippen LogP contribution >= 0.6 is 0 Å². The highest BCUT2D eigenvalue weighted by Gasteiger charge is 2.28. The second-order valence-corrected chi connectivity index (χ2v) is 7.00. The summed E-state index contributed by atoms with van der Waals surface area (Å²) in [4.78, 5) is 22.3. The lowest BCUT2D eigenvalue weighted by atomic mass is 9.96. The Balaban J connectivity index is 1.31. The highest BCUT2D eigenvalue weighted by molar-refractivity contribution is 5.98. The van der Waals surface area contributed by atoms with Crippen molar-refractivity contribution in [1.29, 1.82) is 0 Å². The Morgan fingerprint density at radius 2 is 1.96 bits per heavy atom. The fourth-order valence-corrected chi connectivity index (χ4v) is 3.78. The highest BCUT2D eigenvalue weighted by Crippen LogP contribution is 2.30. The van der Waals surface area contributed by atoms with Gasteiger partial charge >= 0.3 is 0 Å². The van der Waals surface area contributed by atoms with Gasteiger partial charge in [-0.3, -0.25) is 4.79 Å². The topological polar surface area (TPSA) is 62.1 Å². The predicted octanol–water partition coefficient (Wildman–Crippen LogP) is 4.47. The summed E-state index contributed by atoms with van der Waals surface area (Å²) < 4.78 is 19.2. The molecule has 1 aliphatic heterocycles. The molecule has 0 atom stereocenters. The van der Waals surface area contributed by atoms with E-state index < -0.39 is 0 Å². The van der Waals surface area contributed by atoms with Crippen LogP contribution in [0.25, 0.3) is 22.0 Å². The van der Waals surface area contributed by atoms with Crippen LogP contribution in [0, 0.1) is 5.82 Å². The molecule has 0 bridgehead atoms. The third kappa shape index (κ3) is 2.87. The van der Waals surface area contributed by atoms with Crippen LogP contribution in [0.4, 0.5) is 4.39 Å². The number of aromatic amines is 1. The lowest BCUT2D eigenvalue weighted by Gasteiger charge is -2.30. The number of para-hydroxylation sites is 2. The van der Waals surface area contributed by atoms with Gasteiger partial charge in [-0.25, -0.2) is 9.37 Å². The van der Waals surface area contributed by atoms with Crippen LogP contribution in [-0.4, -0.2) is 33.9 Å². The van der Waals surface area contributed by atoms with Gasteiger partial charge in [-0.15, -0.1) is 0 Å². The molecule has 6 heteroatoms. The average Bonchev–Trinajstić information content (AvgIpc) is 3.31. The molecule has 2 aromatic heterocycles. The minimum Gasteiger partial charge on any atom is -0.440 e. The largest absolute Gasteiger partial charge is 0.440 e. The number of carbonyl (C=O) groups excluding carboxylic acids is 1. The molecule has 0 unspecified atom stereocenters. The van der Waals surface area contributed by atoms with E-state index in [1.165, 1.54) is 12.1 Å². The van der Waals surface area contributed by atoms with Crippen molar-refractivity contribution < 1.29 is 13.6 Å². The Morgan fingerprint density at radius 3 is 2.78 bits per heavy atom. The van der Waals surface area contributed by atoms with Crippen LogP contribution in [0.2, 0.25) is 0 Å². The maximum Gasteiger partial charge on any atom is 0.270 e. The lowest BCUT2D eigenvalue weighted by Crippen LogP contribution is -2.38. The van der Waals surface area contributed by atoms with Crippen molar-refractivity contribution in [2.24, 2.45) is 0 Å². The molecule has 0 saturated carbocycles. The van der Waals surface area contributed by atoms with Gasteiger partial charge in [0.2, 0.25) is 0 Å². The number of halogens is 1. The molecule has 5 rings (SSSR count). The first-order valence-electron chi connectivity index (χ1n) is 9.10. The summed E-state index contributed by atoms with van der Waals surface area (Å²) in [5.74, 6) is 0.616. The molecule has 4 aromatic rings. The highest BCUT2D eigenvalue weighted by atomic mass is 19.1. The smallest absolute Gasteiger partial charge is 0.270 e. The first-order chi connectivity index (χ1) is 13.2. The van der Waals surface area contributed by atoms with E-state index >= 15 is 0 Å². The standard InChI is InChI=1S/C21H18FN3O2/c22-15-5-6-16-14(11-15)12-18(23-16)21(26)25-9-7-13(8-10-25)20-24-17-3-1-2-4-19(17)27-20/h1-6,11-13,23H,7-10H2. The van der Waals surface area contributed by atoms with E-state index in [4.69, 9.17) is 4.42 Å². The number of carbonyl (C=O) groups is 1. The molecule has 0 radical (unpaired) electrons. The maximum absolute atomic E-state index is 13.4. The van der Waals surface area contributed by atoms with Crippen LogP contribution in [-0.2, 0) is 0 Å². The molecule has 3 heterocycles. The summed E-state index contributed by atoms with van der Waals surface area (Å²) in [6.07, 6.45) is 1.63. The van der Waals surface area contributed by atoms with Crippen molar-refractivity contribution in [3.8, 4) is 0 Å². The zero-order valence-electron chi connectivity index (χ0n) is 14.6. The Kier molecular flexibility index (Phi) is 3.70. The number of rotatable bonds is 2. The summed E-state index contributed by atoms with van der Waals surface area (Å²) in [5, 5.41) is 0.708. The number of amides is 1. The number of H-pyrrole nitrogens is 1. The number of nitrogens with one attached hydrogen (secondary N) is 1. The van der Waals surface area contributed by atoms with Crippen molar-refractivity contribution in [3.05, 3.63) is 65.9 Å². The molecular formula is C21H18FN3O2. The van der Waals surface area contributed by atoms with Crippen LogP contribution in [0.3, 0.4) is 0 Å². The third-order valence-corrected chi connectivity index (χ3v) is 5.26. The minimum absolute atomic E-state index is 0.0531. The number of nitrogens with zero attached hydrogens (tertiary/aromatic N) is 2. The molecule has 27 heavy (non-hydrogen) atoms. The molecule has 5 nitrogen and oxygen atoms in total. The fourth-order valence-electron chi connectivity index (χ4n) is 3.78. The number of likely N-dealkylation sites (tertiary alicyclic amines) is 1. The Morgan fingerprint density at radius 1 is 1.15 bits per heavy atom. The zero-order valence-corrected chi connectivity index (χ0v) is 14.6. The molecule has 1 N–H and O–H groups in total. The van der Waals surface area contributed by atoms with Gasteiger partial charge in [-0.2, -0.15) is 0 Å². The lowest BCUT2D eigenvalue weighted by molar-refractivity contribution is 0.0702. The Hall–Kier alpha value is -3.15. The number of piperidine rings is 1. The number of oxazole rings is 1. The van der Waals surface area contributed by atoms with Crippen LogP contribution in [0.5, 0.6) is 0 Å². The third-order valence-electron chi connectivity index (χ3n) is 5.26. The molecule has 1 aliphatic rings. The molecule has 1 saturated heterocycles. The van der Waals surface area contributed by atoms with E-state index in [-0.39, 0.29) is 17.6 Å². The summed E-state index contributed by atoms with van der Waals surface area (Å²) in [7, 11) is 0. The van der Waals surface area contributed by atoms with E-state index in [0.29, 0.717) is 24.2 Å². The van der Waals surface area contributed by atoms with Crippen LogP contribution in [0.15, 0.2) is 52.9 Å². The molecule has 2 aromatic carbocycles. The average molecular weight is 363 g/mol. The Labute approximate surface area is 154 Å². The van der Waals surface area contributed by atoms with Crippen molar-refractivity contribution >= 4 is 27.9 Å². The first-order valence-corrected chi connectivity index (χ1v) is 9.10. The summed E-state index contributed by atoms with van der Waals surface area (Å²) in [6.45, 7) is 1.29. The number of hydrogen-bond donors (Lipinski definition) is 1. The molecule has 1 amide bonds. The van der Waals surface area contributed by atoms with E-state index in [1.807, 2.05) is 29.2 Å². The van der Waals surface area contributed by atoms with Crippen LogP contribution in [0.1, 0.15) is 35.1 Å². The predicted molar refractivity (Wildman–Crippen MR) is 100 cm³/mol. The second-order valence-electron chi connectivity index (χ2n) is 7.00. The quantitative estimate of drug-likeness (QED) is 0.572. The van der Waals surface area contributed by atoms with Gasteiger partial charge < -0.3 is 14.3 Å². The number of aromatic nitrogens is 2. The monoisotopic (exact) mass is 363 g/mol. The number of benzene rings is 2. The molecule has 136 valence electrons. The molecule has 0 spiro atoms. The summed E-state index contributed by atoms with van der Waals surface area (Å²) in [6, 6.07) is 13.9. The molecule has 0 aliphatic carbocycles. The Bertz CT molecular complexity index is 1110. The van der Waals surface area contributed by atoms with E-state index in [9.17, 15) is 9.18 Å². The fraction of sp³-hybridized carbons (Fsp3) is 0.238. The van der Waals surface area contributed by atoms with Crippen molar-refractivity contribution in [3.63, 3.8) is 0 Å². The SMILES string of the molecule is O=C(c1cc2cc(F)ccc2[nH]1)N1CCC(c2nc3ccccc3o2)CC1. The van der Waals surface area contributed by atoms with Gasteiger partial charge in [0.25, 0.3) is 5.91 Å². The van der Waals surface area contributed by atoms with E-state index in [0.717, 1.165) is 35.3 Å². The van der Waals surface area contributed by atoms with Gasteiger partial charge in [0.05, 0.1) is 0 Å². The maximum atomic E-state index is 13.4.